The topological polar surface area (TPSA) is 29.5 Å². The van der Waals surface area contributed by atoms with Crippen molar-refractivity contribution in [2.24, 2.45) is 0 Å². The average Bonchev–Trinajstić information content (AvgIpc) is 2.81. The molecule has 0 bridgehead atoms. The summed E-state index contributed by atoms with van der Waals surface area (Å²) in [6.07, 6.45) is 0.939. The summed E-state index contributed by atoms with van der Waals surface area (Å²) < 4.78 is 1.05. The number of nitrogens with zero attached hydrogens (tertiary/aromatic N) is 1. The Morgan fingerprint density at radius 3 is 2.81 bits per heavy atom. The highest BCUT2D eigenvalue weighted by Crippen LogP contribution is 2.21. The summed E-state index contributed by atoms with van der Waals surface area (Å²) in [7, 11) is 0. The monoisotopic (exact) mass is 301 g/mol. The lowest BCUT2D eigenvalue weighted by molar-refractivity contribution is -0.165. The van der Waals surface area contributed by atoms with Gasteiger partial charge in [-0.2, -0.15) is 0 Å². The molecule has 0 saturated carbocycles. The molecule has 1 aromatic rings. The number of hydrogen-bond acceptors (Lipinski definition) is 3. The summed E-state index contributed by atoms with van der Waals surface area (Å²) >= 11 is 4.91. The van der Waals surface area contributed by atoms with Gasteiger partial charge in [-0.1, -0.05) is 15.9 Å². The largest absolute Gasteiger partial charge is 0.272 e. The molecule has 0 aromatic heterocycles. The van der Waals surface area contributed by atoms with Crippen LogP contribution in [0.1, 0.15) is 6.42 Å². The summed E-state index contributed by atoms with van der Waals surface area (Å²) in [6.45, 7) is 1.38. The van der Waals surface area contributed by atoms with Crippen molar-refractivity contribution in [3.8, 4) is 0 Å². The number of thioether (sulfide) groups is 1. The van der Waals surface area contributed by atoms with Gasteiger partial charge in [-0.3, -0.25) is 9.63 Å². The third kappa shape index (κ3) is 3.23. The molecule has 5 heteroatoms. The number of hydroxylamine groups is 2. The Morgan fingerprint density at radius 2 is 2.19 bits per heavy atom. The van der Waals surface area contributed by atoms with E-state index in [2.05, 4.69) is 15.9 Å². The van der Waals surface area contributed by atoms with E-state index in [4.69, 9.17) is 4.84 Å². The molecule has 1 aromatic carbocycles. The zero-order valence-electron chi connectivity index (χ0n) is 8.69. The van der Waals surface area contributed by atoms with Crippen molar-refractivity contribution in [1.29, 1.82) is 0 Å². The Hall–Kier alpha value is -0.520. The molecule has 1 fully saturated rings. The summed E-state index contributed by atoms with van der Waals surface area (Å²) in [6, 6.07) is 7.93. The molecule has 1 aliphatic heterocycles. The number of carbonyl (C=O) groups is 1. The SMILES string of the molecule is O=C(CSc1ccc(Br)cc1)N1CCCO1. The quantitative estimate of drug-likeness (QED) is 0.804. The molecule has 0 aliphatic carbocycles. The first kappa shape index (κ1) is 12.0. The third-order valence-corrected chi connectivity index (χ3v) is 3.73. The fourth-order valence-electron chi connectivity index (χ4n) is 1.39. The van der Waals surface area contributed by atoms with Crippen LogP contribution in [0.3, 0.4) is 0 Å². The smallest absolute Gasteiger partial charge is 0.256 e. The van der Waals surface area contributed by atoms with Crippen molar-refractivity contribution >= 4 is 33.6 Å². The van der Waals surface area contributed by atoms with Crippen molar-refractivity contribution in [2.45, 2.75) is 11.3 Å². The molecule has 1 aliphatic rings. The van der Waals surface area contributed by atoms with Crippen LogP contribution in [-0.4, -0.2) is 29.9 Å². The number of halogens is 1. The van der Waals surface area contributed by atoms with Crippen molar-refractivity contribution in [2.75, 3.05) is 18.9 Å². The minimum Gasteiger partial charge on any atom is -0.272 e. The molecule has 0 radical (unpaired) electrons. The first-order valence-electron chi connectivity index (χ1n) is 5.07. The second-order valence-corrected chi connectivity index (χ2v) is 5.39. The molecule has 0 unspecified atom stereocenters. The second-order valence-electron chi connectivity index (χ2n) is 3.43. The van der Waals surface area contributed by atoms with Crippen LogP contribution in [0.5, 0.6) is 0 Å². The summed E-state index contributed by atoms with van der Waals surface area (Å²) in [5.41, 5.74) is 0. The molecule has 1 saturated heterocycles. The maximum atomic E-state index is 11.7. The molecule has 0 spiro atoms. The Morgan fingerprint density at radius 1 is 1.44 bits per heavy atom. The first-order valence-corrected chi connectivity index (χ1v) is 6.85. The van der Waals surface area contributed by atoms with Gasteiger partial charge in [0, 0.05) is 9.37 Å². The summed E-state index contributed by atoms with van der Waals surface area (Å²) in [5, 5.41) is 1.46. The predicted molar refractivity (Wildman–Crippen MR) is 67.1 cm³/mol. The lowest BCUT2D eigenvalue weighted by atomic mass is 10.4. The highest BCUT2D eigenvalue weighted by atomic mass is 79.9. The number of amides is 1. The molecule has 3 nitrogen and oxygen atoms in total. The van der Waals surface area contributed by atoms with Crippen LogP contribution in [0.15, 0.2) is 33.6 Å². The van der Waals surface area contributed by atoms with Gasteiger partial charge in [0.25, 0.3) is 5.91 Å². The maximum absolute atomic E-state index is 11.7. The zero-order chi connectivity index (χ0) is 11.4. The fourth-order valence-corrected chi connectivity index (χ4v) is 2.42. The van der Waals surface area contributed by atoms with E-state index < -0.39 is 0 Å². The van der Waals surface area contributed by atoms with Crippen molar-refractivity contribution in [3.63, 3.8) is 0 Å². The lowest BCUT2D eigenvalue weighted by Crippen LogP contribution is -2.28. The van der Waals surface area contributed by atoms with Gasteiger partial charge in [-0.15, -0.1) is 11.8 Å². The normalized spacial score (nSPS) is 15.4. The Balaban J connectivity index is 1.82. The van der Waals surface area contributed by atoms with Crippen LogP contribution >= 0.6 is 27.7 Å². The van der Waals surface area contributed by atoms with E-state index in [9.17, 15) is 4.79 Å². The van der Waals surface area contributed by atoms with E-state index in [0.717, 1.165) is 22.3 Å². The van der Waals surface area contributed by atoms with E-state index >= 15 is 0 Å². The third-order valence-electron chi connectivity index (χ3n) is 2.21. The van der Waals surface area contributed by atoms with Crippen molar-refractivity contribution < 1.29 is 9.63 Å². The standard InChI is InChI=1S/C11H12BrNO2S/c12-9-2-4-10(5-3-9)16-8-11(14)13-6-1-7-15-13/h2-5H,1,6-8H2. The summed E-state index contributed by atoms with van der Waals surface area (Å²) in [4.78, 5) is 17.9. The summed E-state index contributed by atoms with van der Waals surface area (Å²) in [5.74, 6) is 0.479. The van der Waals surface area contributed by atoms with Crippen molar-refractivity contribution in [1.82, 2.24) is 5.06 Å². The first-order chi connectivity index (χ1) is 7.75. The molecular formula is C11H12BrNO2S. The molecule has 0 atom stereocenters. The van der Waals surface area contributed by atoms with E-state index in [-0.39, 0.29) is 5.91 Å². The molecule has 86 valence electrons. The van der Waals surface area contributed by atoms with Crippen LogP contribution in [0.4, 0.5) is 0 Å². The molecule has 0 N–H and O–H groups in total. The Kier molecular flexibility index (Phi) is 4.26. The highest BCUT2D eigenvalue weighted by molar-refractivity contribution is 9.10. The lowest BCUT2D eigenvalue weighted by Gasteiger charge is -2.13. The minimum atomic E-state index is 0.0467. The zero-order valence-corrected chi connectivity index (χ0v) is 11.1. The van der Waals surface area contributed by atoms with Gasteiger partial charge in [-0.25, -0.2) is 5.06 Å². The Labute approximate surface area is 107 Å². The van der Waals surface area contributed by atoms with Gasteiger partial charge < -0.3 is 0 Å². The van der Waals surface area contributed by atoms with Gasteiger partial charge in [0.1, 0.15) is 0 Å². The minimum absolute atomic E-state index is 0.0467. The number of carbonyl (C=O) groups excluding carboxylic acids is 1. The second kappa shape index (κ2) is 5.70. The van der Waals surface area contributed by atoms with Gasteiger partial charge in [0.2, 0.25) is 0 Å². The molecule has 16 heavy (non-hydrogen) atoms. The maximum Gasteiger partial charge on any atom is 0.256 e. The van der Waals surface area contributed by atoms with Crippen LogP contribution in [-0.2, 0) is 9.63 Å². The predicted octanol–water partition coefficient (Wildman–Crippen LogP) is 2.71. The van der Waals surface area contributed by atoms with Crippen molar-refractivity contribution in [3.05, 3.63) is 28.7 Å². The van der Waals surface area contributed by atoms with E-state index in [1.54, 1.807) is 0 Å². The van der Waals surface area contributed by atoms with Gasteiger partial charge in [0.15, 0.2) is 0 Å². The van der Waals surface area contributed by atoms with Gasteiger partial charge >= 0.3 is 0 Å². The van der Waals surface area contributed by atoms with Crippen LogP contribution in [0, 0.1) is 0 Å². The van der Waals surface area contributed by atoms with Crippen LogP contribution in [0.2, 0.25) is 0 Å². The average molecular weight is 302 g/mol. The molecule has 1 amide bonds. The fraction of sp³-hybridized carbons (Fsp3) is 0.364. The highest BCUT2D eigenvalue weighted by Gasteiger charge is 2.18. The number of benzene rings is 1. The molecule has 2 rings (SSSR count). The van der Waals surface area contributed by atoms with Crippen LogP contribution in [0.25, 0.3) is 0 Å². The van der Waals surface area contributed by atoms with E-state index in [0.29, 0.717) is 12.4 Å². The van der Waals surface area contributed by atoms with E-state index in [1.807, 2.05) is 24.3 Å². The number of rotatable bonds is 3. The van der Waals surface area contributed by atoms with Gasteiger partial charge in [-0.05, 0) is 30.7 Å². The molecule has 1 heterocycles. The van der Waals surface area contributed by atoms with Gasteiger partial charge in [0.05, 0.1) is 18.9 Å². The van der Waals surface area contributed by atoms with Crippen LogP contribution < -0.4 is 0 Å². The number of hydrogen-bond donors (Lipinski definition) is 0. The molecular weight excluding hydrogens is 290 g/mol. The Bertz CT molecular complexity index is 363. The van der Waals surface area contributed by atoms with E-state index in [1.165, 1.54) is 16.8 Å².